The Morgan fingerprint density at radius 3 is 2.28 bits per heavy atom. The summed E-state index contributed by atoms with van der Waals surface area (Å²) in [6, 6.07) is 12.2. The van der Waals surface area contributed by atoms with E-state index in [0.717, 1.165) is 34.4 Å². The molecule has 1 unspecified atom stereocenters. The second kappa shape index (κ2) is 9.85. The second-order valence-electron chi connectivity index (χ2n) is 7.86. The molecule has 0 aliphatic heterocycles. The fourth-order valence-corrected chi connectivity index (χ4v) is 3.14. The molecule has 0 radical (unpaired) electrons. The molecule has 152 valence electrons. The van der Waals surface area contributed by atoms with Crippen LogP contribution < -0.4 is 4.52 Å². The maximum Gasteiger partial charge on any atom is 0.165 e. The van der Waals surface area contributed by atoms with Gasteiger partial charge in [0.15, 0.2) is 5.78 Å². The van der Waals surface area contributed by atoms with Gasteiger partial charge in [-0.3, -0.25) is 4.79 Å². The molecule has 2 aromatic rings. The van der Waals surface area contributed by atoms with E-state index < -0.39 is 5.41 Å². The van der Waals surface area contributed by atoms with Crippen molar-refractivity contribution in [2.45, 2.75) is 41.0 Å². The van der Waals surface area contributed by atoms with E-state index in [1.807, 2.05) is 50.3 Å². The summed E-state index contributed by atoms with van der Waals surface area (Å²) in [6.07, 6.45) is 8.35. The van der Waals surface area contributed by atoms with Gasteiger partial charge in [-0.2, -0.15) is 0 Å². The minimum Gasteiger partial charge on any atom is -0.480 e. The van der Waals surface area contributed by atoms with E-state index in [1.165, 1.54) is 11.1 Å². The number of carbonyl (C=O) groups excluding carboxylic acids is 1. The van der Waals surface area contributed by atoms with Crippen molar-refractivity contribution >= 4 is 27.4 Å². The molecule has 1 atom stereocenters. The van der Waals surface area contributed by atoms with Crippen LogP contribution in [0, 0.1) is 19.3 Å². The number of ketones is 1. The fraction of sp³-hybridized carbons (Fsp3) is 0.269. The molecular formula is C26H31O2P. The maximum absolute atomic E-state index is 12.8. The number of allylic oxidation sites excluding steroid dienone is 3. The van der Waals surface area contributed by atoms with Crippen molar-refractivity contribution in [3.63, 3.8) is 0 Å². The molecule has 0 bridgehead atoms. The number of rotatable bonds is 8. The van der Waals surface area contributed by atoms with E-state index in [4.69, 9.17) is 4.52 Å². The molecular weight excluding hydrogens is 375 g/mol. The van der Waals surface area contributed by atoms with E-state index in [9.17, 15) is 4.79 Å². The molecule has 0 saturated heterocycles. The first kappa shape index (κ1) is 22.8. The van der Waals surface area contributed by atoms with E-state index in [1.54, 1.807) is 6.08 Å². The van der Waals surface area contributed by atoms with Crippen LogP contribution in [0.3, 0.4) is 0 Å². The zero-order chi connectivity index (χ0) is 21.6. The zero-order valence-corrected chi connectivity index (χ0v) is 19.2. The molecule has 0 aliphatic carbocycles. The van der Waals surface area contributed by atoms with Crippen LogP contribution in [0.4, 0.5) is 0 Å². The number of aryl methyl sites for hydroxylation is 3. The van der Waals surface area contributed by atoms with Gasteiger partial charge in [-0.05, 0) is 85.7 Å². The van der Waals surface area contributed by atoms with Crippen molar-refractivity contribution in [3.05, 3.63) is 88.5 Å². The molecule has 0 heterocycles. The predicted molar refractivity (Wildman–Crippen MR) is 128 cm³/mol. The monoisotopic (exact) mass is 406 g/mol. The number of carbonyl (C=O) groups is 1. The van der Waals surface area contributed by atoms with Gasteiger partial charge in [-0.15, -0.1) is 0 Å². The highest BCUT2D eigenvalue weighted by Gasteiger charge is 2.27. The Morgan fingerprint density at radius 1 is 1.03 bits per heavy atom. The Balaban J connectivity index is 2.13. The van der Waals surface area contributed by atoms with Crippen LogP contribution >= 0.6 is 9.47 Å². The molecule has 0 fully saturated rings. The molecule has 0 spiro atoms. The van der Waals surface area contributed by atoms with Crippen molar-refractivity contribution in [1.29, 1.82) is 0 Å². The number of hydrogen-bond acceptors (Lipinski definition) is 2. The van der Waals surface area contributed by atoms with Crippen molar-refractivity contribution in [2.75, 3.05) is 0 Å². The highest BCUT2D eigenvalue weighted by molar-refractivity contribution is 7.10. The molecule has 0 amide bonds. The van der Waals surface area contributed by atoms with E-state index >= 15 is 0 Å². The topological polar surface area (TPSA) is 26.3 Å². The lowest BCUT2D eigenvalue weighted by molar-refractivity contribution is -0.120. The lowest BCUT2D eigenvalue weighted by Crippen LogP contribution is -2.23. The van der Waals surface area contributed by atoms with Crippen LogP contribution in [0.15, 0.2) is 60.7 Å². The molecule has 2 nitrogen and oxygen atoms in total. The summed E-state index contributed by atoms with van der Waals surface area (Å²) in [4.78, 5) is 12.8. The van der Waals surface area contributed by atoms with Crippen LogP contribution in [0.25, 0.3) is 12.2 Å². The van der Waals surface area contributed by atoms with Gasteiger partial charge < -0.3 is 4.52 Å². The summed E-state index contributed by atoms with van der Waals surface area (Å²) < 4.78 is 5.30. The summed E-state index contributed by atoms with van der Waals surface area (Å²) in [6.45, 7) is 14.2. The zero-order valence-electron chi connectivity index (χ0n) is 18.1. The van der Waals surface area contributed by atoms with Crippen molar-refractivity contribution < 1.29 is 9.32 Å². The van der Waals surface area contributed by atoms with Crippen LogP contribution in [0.1, 0.15) is 48.6 Å². The first-order valence-corrected chi connectivity index (χ1v) is 10.3. The van der Waals surface area contributed by atoms with E-state index in [-0.39, 0.29) is 5.78 Å². The van der Waals surface area contributed by atoms with Gasteiger partial charge in [0.1, 0.15) is 5.75 Å². The molecule has 3 heteroatoms. The van der Waals surface area contributed by atoms with Crippen molar-refractivity contribution in [3.8, 4) is 5.75 Å². The molecule has 0 aliphatic rings. The first-order valence-electron chi connectivity index (χ1n) is 9.86. The summed E-state index contributed by atoms with van der Waals surface area (Å²) in [5, 5.41) is 0. The van der Waals surface area contributed by atoms with E-state index in [0.29, 0.717) is 0 Å². The Bertz CT molecular complexity index is 965. The normalized spacial score (nSPS) is 11.9. The van der Waals surface area contributed by atoms with Crippen molar-refractivity contribution in [1.82, 2.24) is 0 Å². The van der Waals surface area contributed by atoms with Crippen molar-refractivity contribution in [2.24, 2.45) is 5.41 Å². The summed E-state index contributed by atoms with van der Waals surface area (Å²) in [7, 11) is 2.29. The smallest absolute Gasteiger partial charge is 0.165 e. The first-order chi connectivity index (χ1) is 13.7. The predicted octanol–water partition coefficient (Wildman–Crippen LogP) is 6.91. The molecule has 0 saturated carbocycles. The van der Waals surface area contributed by atoms with E-state index in [2.05, 4.69) is 55.0 Å². The van der Waals surface area contributed by atoms with Crippen LogP contribution in [0.2, 0.25) is 0 Å². The average molecular weight is 407 g/mol. The fourth-order valence-electron chi connectivity index (χ4n) is 2.91. The minimum atomic E-state index is -0.677. The van der Waals surface area contributed by atoms with Gasteiger partial charge in [0.2, 0.25) is 0 Å². The van der Waals surface area contributed by atoms with Crippen LogP contribution in [0.5, 0.6) is 5.75 Å². The van der Waals surface area contributed by atoms with Crippen LogP contribution in [-0.4, -0.2) is 5.78 Å². The molecule has 0 N–H and O–H groups in total. The Hall–Kier alpha value is -2.44. The number of benzene rings is 2. The van der Waals surface area contributed by atoms with Gasteiger partial charge in [0.25, 0.3) is 0 Å². The number of hydrogen-bond donors (Lipinski definition) is 0. The third-order valence-electron chi connectivity index (χ3n) is 5.45. The highest BCUT2D eigenvalue weighted by Crippen LogP contribution is 2.29. The molecule has 2 rings (SSSR count). The third-order valence-corrected chi connectivity index (χ3v) is 5.70. The van der Waals surface area contributed by atoms with Crippen LogP contribution in [-0.2, 0) is 11.2 Å². The lowest BCUT2D eigenvalue weighted by atomic mass is 9.80. The quantitative estimate of drug-likeness (QED) is 0.270. The molecule has 29 heavy (non-hydrogen) atoms. The van der Waals surface area contributed by atoms with Gasteiger partial charge in [-0.1, -0.05) is 56.0 Å². The summed E-state index contributed by atoms with van der Waals surface area (Å²) in [5.41, 5.74) is 5.79. The van der Waals surface area contributed by atoms with Gasteiger partial charge in [0.05, 0.1) is 14.9 Å². The third kappa shape index (κ3) is 5.78. The lowest BCUT2D eigenvalue weighted by Gasteiger charge is -2.22. The highest BCUT2D eigenvalue weighted by atomic mass is 31.0. The summed E-state index contributed by atoms with van der Waals surface area (Å²) in [5.74, 6) is 0.895. The standard InChI is InChI=1S/C26H31O2P/c1-7-23-17-22(12-14-24(23)28-29)11-9-20(4)26(5,6)25(27)15-13-21-10-8-18(2)19(3)16-21/h8-17H,4,7,29H2,1-3,5-6H3/b11-9+,15-13+. The second-order valence-corrected chi connectivity index (χ2v) is 8.10. The summed E-state index contributed by atoms with van der Waals surface area (Å²) >= 11 is 0. The average Bonchev–Trinajstić information content (AvgIpc) is 2.72. The molecule has 0 aromatic heterocycles. The van der Waals surface area contributed by atoms with Gasteiger partial charge >= 0.3 is 0 Å². The van der Waals surface area contributed by atoms with Gasteiger partial charge in [0, 0.05) is 0 Å². The Morgan fingerprint density at radius 2 is 1.66 bits per heavy atom. The largest absolute Gasteiger partial charge is 0.480 e. The maximum atomic E-state index is 12.8. The Kier molecular flexibility index (Phi) is 7.76. The SMILES string of the molecule is C=C(/C=C/c1ccc(OP)c(CC)c1)C(C)(C)C(=O)/C=C/c1ccc(C)c(C)c1. The van der Waals surface area contributed by atoms with Gasteiger partial charge in [-0.25, -0.2) is 0 Å². The molecule has 2 aromatic carbocycles. The minimum absolute atomic E-state index is 0.0337. The Labute approximate surface area is 177 Å².